The lowest BCUT2D eigenvalue weighted by Crippen LogP contribution is -2.10. The van der Waals surface area contributed by atoms with Crippen molar-refractivity contribution in [2.24, 2.45) is 0 Å². The first-order valence-electron chi connectivity index (χ1n) is 12.3. The second-order valence-corrected chi connectivity index (χ2v) is 9.22. The van der Waals surface area contributed by atoms with E-state index in [9.17, 15) is 4.79 Å². The third kappa shape index (κ3) is 5.87. The third-order valence-electron chi connectivity index (χ3n) is 6.64. The number of fused-ring (bicyclic) bond motifs is 1. The summed E-state index contributed by atoms with van der Waals surface area (Å²) < 4.78 is 11.0. The van der Waals surface area contributed by atoms with E-state index in [4.69, 9.17) is 14.6 Å². The van der Waals surface area contributed by atoms with Crippen molar-refractivity contribution in [3.8, 4) is 16.9 Å². The van der Waals surface area contributed by atoms with Crippen LogP contribution >= 0.6 is 0 Å². The summed E-state index contributed by atoms with van der Waals surface area (Å²) in [6.07, 6.45) is 7.18. The molecule has 1 aliphatic carbocycles. The maximum atomic E-state index is 11.7. The van der Waals surface area contributed by atoms with Gasteiger partial charge in [0.2, 0.25) is 0 Å². The third-order valence-corrected chi connectivity index (χ3v) is 6.64. The van der Waals surface area contributed by atoms with E-state index in [2.05, 4.69) is 49.0 Å². The molecular weight excluding hydrogens is 424 g/mol. The van der Waals surface area contributed by atoms with Gasteiger partial charge in [-0.15, -0.1) is 0 Å². The van der Waals surface area contributed by atoms with E-state index in [0.717, 1.165) is 16.7 Å². The molecule has 34 heavy (non-hydrogen) atoms. The Morgan fingerprint density at radius 3 is 2.41 bits per heavy atom. The minimum Gasteiger partial charge on any atom is -0.491 e. The van der Waals surface area contributed by atoms with Crippen molar-refractivity contribution in [1.29, 1.82) is 0 Å². The second kappa shape index (κ2) is 11.3. The van der Waals surface area contributed by atoms with Gasteiger partial charge in [-0.25, -0.2) is 4.79 Å². The highest BCUT2D eigenvalue weighted by Crippen LogP contribution is 2.35. The average molecular weight is 459 g/mol. The number of aliphatic hydroxyl groups excluding tert-OH is 1. The SMILES string of the molecule is C=C(C)C(=O)OCCc1cc(-c2ccc3cc(C4CCCCC4)ccc3c2)ccc1OCCO. The Morgan fingerprint density at radius 2 is 1.65 bits per heavy atom. The molecule has 0 bridgehead atoms. The molecule has 1 saturated carbocycles. The Labute approximate surface area is 202 Å². The summed E-state index contributed by atoms with van der Waals surface area (Å²) in [7, 11) is 0. The van der Waals surface area contributed by atoms with Crippen molar-refractivity contribution in [2.45, 2.75) is 51.4 Å². The van der Waals surface area contributed by atoms with Gasteiger partial charge in [0.1, 0.15) is 12.4 Å². The fraction of sp³-hybridized carbons (Fsp3) is 0.367. The number of benzene rings is 3. The van der Waals surface area contributed by atoms with E-state index >= 15 is 0 Å². The molecular formula is C30H34O4. The molecule has 0 unspecified atom stereocenters. The maximum Gasteiger partial charge on any atom is 0.333 e. The molecule has 1 N–H and O–H groups in total. The van der Waals surface area contributed by atoms with Crippen molar-refractivity contribution in [2.75, 3.05) is 19.8 Å². The Balaban J connectivity index is 1.57. The number of hydrogen-bond donors (Lipinski definition) is 1. The minimum absolute atomic E-state index is 0.0562. The predicted molar refractivity (Wildman–Crippen MR) is 137 cm³/mol. The summed E-state index contributed by atoms with van der Waals surface area (Å²) in [6.45, 7) is 5.66. The molecule has 4 heteroatoms. The van der Waals surface area contributed by atoms with E-state index < -0.39 is 5.97 Å². The van der Waals surface area contributed by atoms with Crippen LogP contribution in [0.4, 0.5) is 0 Å². The van der Waals surface area contributed by atoms with Gasteiger partial charge in [-0.2, -0.15) is 0 Å². The van der Waals surface area contributed by atoms with E-state index in [1.807, 2.05) is 12.1 Å². The molecule has 4 rings (SSSR count). The van der Waals surface area contributed by atoms with Gasteiger partial charge in [0.05, 0.1) is 13.2 Å². The van der Waals surface area contributed by atoms with Gasteiger partial charge in [-0.3, -0.25) is 0 Å². The van der Waals surface area contributed by atoms with E-state index in [1.165, 1.54) is 48.4 Å². The van der Waals surface area contributed by atoms with Gasteiger partial charge < -0.3 is 14.6 Å². The first-order valence-corrected chi connectivity index (χ1v) is 12.3. The van der Waals surface area contributed by atoms with Crippen molar-refractivity contribution in [1.82, 2.24) is 0 Å². The summed E-state index contributed by atoms with van der Waals surface area (Å²) in [4.78, 5) is 11.7. The maximum absolute atomic E-state index is 11.7. The molecule has 0 atom stereocenters. The molecule has 3 aromatic rings. The van der Waals surface area contributed by atoms with E-state index in [1.54, 1.807) is 6.92 Å². The highest BCUT2D eigenvalue weighted by molar-refractivity contribution is 5.88. The summed E-state index contributed by atoms with van der Waals surface area (Å²) in [5.41, 5.74) is 5.00. The number of rotatable bonds is 9. The van der Waals surface area contributed by atoms with E-state index in [0.29, 0.717) is 23.7 Å². The normalized spacial score (nSPS) is 14.2. The molecule has 0 heterocycles. The van der Waals surface area contributed by atoms with Crippen LogP contribution in [-0.2, 0) is 16.0 Å². The summed E-state index contributed by atoms with van der Waals surface area (Å²) >= 11 is 0. The zero-order valence-electron chi connectivity index (χ0n) is 20.0. The molecule has 0 spiro atoms. The number of carbonyl (C=O) groups is 1. The standard InChI is InChI=1S/C30H34O4/c1-21(2)30(32)34-16-14-28-20-27(12-13-29(28)33-17-15-31)26-11-10-24-18-23(8-9-25(24)19-26)22-6-4-3-5-7-22/h8-13,18-20,22,31H,1,3-7,14-17H2,2H3. The van der Waals surface area contributed by atoms with Crippen LogP contribution in [0.2, 0.25) is 0 Å². The Hall–Kier alpha value is -3.11. The van der Waals surface area contributed by atoms with Gasteiger partial charge in [-0.1, -0.05) is 62.2 Å². The predicted octanol–water partition coefficient (Wildman–Crippen LogP) is 6.59. The molecule has 1 fully saturated rings. The van der Waals surface area contributed by atoms with Crippen LogP contribution < -0.4 is 4.74 Å². The van der Waals surface area contributed by atoms with Crippen LogP contribution in [0, 0.1) is 0 Å². The number of aliphatic hydroxyl groups is 1. The quantitative estimate of drug-likeness (QED) is 0.290. The van der Waals surface area contributed by atoms with Crippen LogP contribution in [0.1, 0.15) is 56.1 Å². The zero-order chi connectivity index (χ0) is 23.9. The Kier molecular flexibility index (Phi) is 8.02. The smallest absolute Gasteiger partial charge is 0.333 e. The van der Waals surface area contributed by atoms with Crippen LogP contribution in [0.5, 0.6) is 5.75 Å². The fourth-order valence-corrected chi connectivity index (χ4v) is 4.76. The number of carbonyl (C=O) groups excluding carboxylic acids is 1. The van der Waals surface area contributed by atoms with Crippen LogP contribution in [0.25, 0.3) is 21.9 Å². The summed E-state index contributed by atoms with van der Waals surface area (Å²) in [6, 6.07) is 19.6. The van der Waals surface area contributed by atoms with Gasteiger partial charge in [0.25, 0.3) is 0 Å². The molecule has 1 aliphatic rings. The molecule has 3 aromatic carbocycles. The number of hydrogen-bond acceptors (Lipinski definition) is 4. The van der Waals surface area contributed by atoms with Crippen molar-refractivity contribution < 1.29 is 19.4 Å². The molecule has 0 saturated heterocycles. The number of esters is 1. The lowest BCUT2D eigenvalue weighted by Gasteiger charge is -2.22. The minimum atomic E-state index is -0.392. The second-order valence-electron chi connectivity index (χ2n) is 9.22. The zero-order valence-corrected chi connectivity index (χ0v) is 20.0. The fourth-order valence-electron chi connectivity index (χ4n) is 4.76. The van der Waals surface area contributed by atoms with Gasteiger partial charge in [0, 0.05) is 12.0 Å². The van der Waals surface area contributed by atoms with Gasteiger partial charge >= 0.3 is 5.97 Å². The van der Waals surface area contributed by atoms with Crippen molar-refractivity contribution >= 4 is 16.7 Å². The van der Waals surface area contributed by atoms with Crippen LogP contribution in [0.15, 0.2) is 66.7 Å². The molecule has 0 radical (unpaired) electrons. The molecule has 178 valence electrons. The Bertz CT molecular complexity index is 1160. The monoisotopic (exact) mass is 458 g/mol. The summed E-state index contributed by atoms with van der Waals surface area (Å²) in [5, 5.41) is 11.7. The molecule has 4 nitrogen and oxygen atoms in total. The molecule has 0 aliphatic heterocycles. The van der Waals surface area contributed by atoms with Crippen molar-refractivity contribution in [3.05, 3.63) is 77.9 Å². The van der Waals surface area contributed by atoms with Gasteiger partial charge in [0.15, 0.2) is 0 Å². The van der Waals surface area contributed by atoms with E-state index in [-0.39, 0.29) is 19.8 Å². The summed E-state index contributed by atoms with van der Waals surface area (Å²) in [5.74, 6) is 1.00. The van der Waals surface area contributed by atoms with Gasteiger partial charge in [-0.05, 0) is 76.9 Å². The molecule has 0 amide bonds. The van der Waals surface area contributed by atoms with Crippen LogP contribution in [0.3, 0.4) is 0 Å². The number of ether oxygens (including phenoxy) is 2. The first-order chi connectivity index (χ1) is 16.5. The molecule has 0 aromatic heterocycles. The average Bonchev–Trinajstić information content (AvgIpc) is 2.87. The largest absolute Gasteiger partial charge is 0.491 e. The lowest BCUT2D eigenvalue weighted by molar-refractivity contribution is -0.138. The van der Waals surface area contributed by atoms with Crippen molar-refractivity contribution in [3.63, 3.8) is 0 Å². The Morgan fingerprint density at radius 1 is 0.941 bits per heavy atom. The highest BCUT2D eigenvalue weighted by Gasteiger charge is 2.16. The first kappa shape index (κ1) is 24.0. The highest BCUT2D eigenvalue weighted by atomic mass is 16.5. The lowest BCUT2D eigenvalue weighted by atomic mass is 9.83. The van der Waals surface area contributed by atoms with Crippen LogP contribution in [-0.4, -0.2) is 30.9 Å². The topological polar surface area (TPSA) is 55.8 Å².